The Morgan fingerprint density at radius 3 is 2.46 bits per heavy atom. The molecule has 4 nitrogen and oxygen atoms in total. The van der Waals surface area contributed by atoms with Gasteiger partial charge >= 0.3 is 6.03 Å². The summed E-state index contributed by atoms with van der Waals surface area (Å²) in [6.45, 7) is 7.90. The number of para-hydroxylation sites is 1. The second kappa shape index (κ2) is 8.86. The van der Waals surface area contributed by atoms with Crippen LogP contribution >= 0.6 is 0 Å². The molecule has 138 valence electrons. The van der Waals surface area contributed by atoms with E-state index in [2.05, 4.69) is 41.5 Å². The fraction of sp³-hybridized carbons (Fsp3) is 0.409. The van der Waals surface area contributed by atoms with E-state index in [4.69, 9.17) is 0 Å². The van der Waals surface area contributed by atoms with Crippen molar-refractivity contribution in [2.24, 2.45) is 5.92 Å². The monoisotopic (exact) mass is 351 g/mol. The number of urea groups is 1. The van der Waals surface area contributed by atoms with Crippen LogP contribution in [0.1, 0.15) is 31.4 Å². The van der Waals surface area contributed by atoms with Gasteiger partial charge in [-0.1, -0.05) is 38.1 Å². The summed E-state index contributed by atoms with van der Waals surface area (Å²) in [7, 11) is 0. The Morgan fingerprint density at radius 2 is 1.73 bits per heavy atom. The molecule has 0 spiro atoms. The van der Waals surface area contributed by atoms with Crippen molar-refractivity contribution in [1.29, 1.82) is 0 Å². The van der Waals surface area contributed by atoms with Gasteiger partial charge in [0.25, 0.3) is 0 Å². The Balaban J connectivity index is 1.59. The molecule has 2 aromatic rings. The van der Waals surface area contributed by atoms with Gasteiger partial charge in [0.05, 0.1) is 0 Å². The summed E-state index contributed by atoms with van der Waals surface area (Å²) in [6.07, 6.45) is 3.46. The molecule has 2 N–H and O–H groups in total. The molecule has 1 aliphatic carbocycles. The van der Waals surface area contributed by atoms with Crippen LogP contribution in [0.2, 0.25) is 0 Å². The number of amides is 2. The van der Waals surface area contributed by atoms with Gasteiger partial charge in [-0.3, -0.25) is 0 Å². The summed E-state index contributed by atoms with van der Waals surface area (Å²) < 4.78 is 0. The third kappa shape index (κ3) is 4.85. The van der Waals surface area contributed by atoms with Crippen molar-refractivity contribution in [2.45, 2.75) is 33.1 Å². The Bertz CT molecular complexity index is 725. The van der Waals surface area contributed by atoms with Crippen molar-refractivity contribution < 1.29 is 4.79 Å². The van der Waals surface area contributed by atoms with Crippen LogP contribution < -0.4 is 10.6 Å². The third-order valence-electron chi connectivity index (χ3n) is 5.24. The molecule has 0 saturated carbocycles. The Morgan fingerprint density at radius 1 is 1.00 bits per heavy atom. The van der Waals surface area contributed by atoms with Crippen LogP contribution in [-0.4, -0.2) is 30.6 Å². The maximum Gasteiger partial charge on any atom is 0.323 e. The maximum absolute atomic E-state index is 12.2. The number of anilines is 2. The van der Waals surface area contributed by atoms with Crippen LogP contribution in [-0.2, 0) is 12.8 Å². The minimum atomic E-state index is -0.202. The molecule has 0 saturated heterocycles. The zero-order valence-electron chi connectivity index (χ0n) is 15.8. The molecule has 0 aromatic heterocycles. The third-order valence-corrected chi connectivity index (χ3v) is 5.24. The lowest BCUT2D eigenvalue weighted by atomic mass is 9.83. The van der Waals surface area contributed by atoms with Crippen molar-refractivity contribution in [1.82, 2.24) is 4.90 Å². The molecular formula is C22H29N3O. The number of carbonyl (C=O) groups excluding carboxylic acids is 1. The lowest BCUT2D eigenvalue weighted by Crippen LogP contribution is -2.32. The Kier molecular flexibility index (Phi) is 6.29. The molecule has 1 unspecified atom stereocenters. The normalized spacial score (nSPS) is 16.2. The van der Waals surface area contributed by atoms with Gasteiger partial charge in [-0.05, 0) is 73.7 Å². The van der Waals surface area contributed by atoms with E-state index in [1.807, 2.05) is 36.4 Å². The zero-order chi connectivity index (χ0) is 18.4. The van der Waals surface area contributed by atoms with Gasteiger partial charge in [0, 0.05) is 17.9 Å². The lowest BCUT2D eigenvalue weighted by Gasteiger charge is -2.29. The van der Waals surface area contributed by atoms with Crippen molar-refractivity contribution >= 4 is 17.4 Å². The Labute approximate surface area is 156 Å². The van der Waals surface area contributed by atoms with Crippen LogP contribution in [0.15, 0.2) is 48.5 Å². The highest BCUT2D eigenvalue weighted by Crippen LogP contribution is 2.28. The van der Waals surface area contributed by atoms with Crippen LogP contribution in [0.25, 0.3) is 0 Å². The van der Waals surface area contributed by atoms with Gasteiger partial charge < -0.3 is 15.5 Å². The highest BCUT2D eigenvalue weighted by molar-refractivity contribution is 5.99. The standard InChI is InChI=1S/C22H29N3O/c1-3-25(4-2)16-17-10-11-19-15-21(13-12-18(19)14-17)24-22(26)23-20-8-6-5-7-9-20/h5-9,12-13,15,17H,3-4,10-11,14,16H2,1-2H3,(H2,23,24,26). The van der Waals surface area contributed by atoms with Gasteiger partial charge in [0.2, 0.25) is 0 Å². The second-order valence-electron chi connectivity index (χ2n) is 7.02. The number of nitrogens with one attached hydrogen (secondary N) is 2. The molecule has 3 rings (SSSR count). The molecule has 2 amide bonds. The molecule has 0 bridgehead atoms. The van der Waals surface area contributed by atoms with Crippen molar-refractivity contribution in [3.05, 3.63) is 59.7 Å². The SMILES string of the molecule is CCN(CC)CC1CCc2cc(NC(=O)Nc3ccccc3)ccc2C1. The largest absolute Gasteiger partial charge is 0.323 e. The summed E-state index contributed by atoms with van der Waals surface area (Å²) in [5.41, 5.74) is 4.46. The van der Waals surface area contributed by atoms with E-state index in [1.54, 1.807) is 0 Å². The first-order chi connectivity index (χ1) is 12.7. The number of carbonyl (C=O) groups is 1. The van der Waals surface area contributed by atoms with Gasteiger partial charge in [0.1, 0.15) is 0 Å². The molecular weight excluding hydrogens is 322 g/mol. The minimum Gasteiger partial charge on any atom is -0.308 e. The van der Waals surface area contributed by atoms with Crippen LogP contribution in [0, 0.1) is 5.92 Å². The van der Waals surface area contributed by atoms with E-state index in [-0.39, 0.29) is 6.03 Å². The van der Waals surface area contributed by atoms with Gasteiger partial charge in [0.15, 0.2) is 0 Å². The molecule has 0 heterocycles. The van der Waals surface area contributed by atoms with E-state index < -0.39 is 0 Å². The summed E-state index contributed by atoms with van der Waals surface area (Å²) in [4.78, 5) is 14.7. The summed E-state index contributed by atoms with van der Waals surface area (Å²) in [5.74, 6) is 0.739. The van der Waals surface area contributed by atoms with E-state index >= 15 is 0 Å². The van der Waals surface area contributed by atoms with E-state index in [9.17, 15) is 4.79 Å². The van der Waals surface area contributed by atoms with Gasteiger partial charge in [-0.2, -0.15) is 0 Å². The lowest BCUT2D eigenvalue weighted by molar-refractivity contribution is 0.239. The average Bonchev–Trinajstić information content (AvgIpc) is 2.66. The number of nitrogens with zero attached hydrogens (tertiary/aromatic N) is 1. The predicted molar refractivity (Wildman–Crippen MR) is 109 cm³/mol. The summed E-state index contributed by atoms with van der Waals surface area (Å²) >= 11 is 0. The van der Waals surface area contributed by atoms with Crippen molar-refractivity contribution in [3.63, 3.8) is 0 Å². The first kappa shape index (κ1) is 18.5. The second-order valence-corrected chi connectivity index (χ2v) is 7.02. The molecule has 4 heteroatoms. The summed E-state index contributed by atoms with van der Waals surface area (Å²) in [5, 5.41) is 5.80. The molecule has 0 radical (unpaired) electrons. The number of hydrogen-bond donors (Lipinski definition) is 2. The molecule has 0 aliphatic heterocycles. The number of hydrogen-bond acceptors (Lipinski definition) is 2. The predicted octanol–water partition coefficient (Wildman–Crippen LogP) is 4.78. The smallest absolute Gasteiger partial charge is 0.308 e. The minimum absolute atomic E-state index is 0.202. The van der Waals surface area contributed by atoms with Gasteiger partial charge in [-0.25, -0.2) is 4.79 Å². The number of rotatable bonds is 6. The van der Waals surface area contributed by atoms with Crippen molar-refractivity contribution in [3.8, 4) is 0 Å². The quantitative estimate of drug-likeness (QED) is 0.787. The fourth-order valence-corrected chi connectivity index (χ4v) is 3.73. The van der Waals surface area contributed by atoms with Crippen molar-refractivity contribution in [2.75, 3.05) is 30.3 Å². The number of benzene rings is 2. The topological polar surface area (TPSA) is 44.4 Å². The van der Waals surface area contributed by atoms with E-state index in [0.29, 0.717) is 0 Å². The highest BCUT2D eigenvalue weighted by Gasteiger charge is 2.20. The molecule has 26 heavy (non-hydrogen) atoms. The van der Waals surface area contributed by atoms with E-state index in [0.717, 1.165) is 43.2 Å². The number of aryl methyl sites for hydroxylation is 1. The first-order valence-electron chi connectivity index (χ1n) is 9.65. The van der Waals surface area contributed by atoms with Crippen LogP contribution in [0.3, 0.4) is 0 Å². The fourth-order valence-electron chi connectivity index (χ4n) is 3.73. The first-order valence-corrected chi connectivity index (χ1v) is 9.65. The highest BCUT2D eigenvalue weighted by atomic mass is 16.2. The van der Waals surface area contributed by atoms with E-state index in [1.165, 1.54) is 24.1 Å². The summed E-state index contributed by atoms with van der Waals surface area (Å²) in [6, 6.07) is 15.6. The molecule has 0 fully saturated rings. The zero-order valence-corrected chi connectivity index (χ0v) is 15.8. The molecule has 2 aromatic carbocycles. The number of fused-ring (bicyclic) bond motifs is 1. The van der Waals surface area contributed by atoms with Crippen LogP contribution in [0.5, 0.6) is 0 Å². The Hall–Kier alpha value is -2.33. The van der Waals surface area contributed by atoms with Gasteiger partial charge in [-0.15, -0.1) is 0 Å². The average molecular weight is 351 g/mol. The van der Waals surface area contributed by atoms with Crippen LogP contribution in [0.4, 0.5) is 16.2 Å². The maximum atomic E-state index is 12.2. The molecule has 1 aliphatic rings. The molecule has 1 atom stereocenters.